The van der Waals surface area contributed by atoms with Gasteiger partial charge in [-0.1, -0.05) is 37.6 Å². The smallest absolute Gasteiger partial charge is 0.254 e. The summed E-state index contributed by atoms with van der Waals surface area (Å²) in [6.45, 7) is 4.03. The lowest BCUT2D eigenvalue weighted by atomic mass is 9.71. The standard InChI is InChI=1S/C21H24ClFN2O3S/c1-3-25(4-2)29(27,28)17-10-11-19(23)18(14-17)20(26)24-21(12-5-13-21)15-6-8-16(22)9-7-15/h6-11,14H,3-5,12-13H2,1-2H3,(H,24,26). The van der Waals surface area contributed by atoms with Crippen LogP contribution >= 0.6 is 11.6 Å². The molecule has 29 heavy (non-hydrogen) atoms. The molecule has 2 aromatic rings. The van der Waals surface area contributed by atoms with E-state index in [0.717, 1.165) is 37.0 Å². The van der Waals surface area contributed by atoms with Gasteiger partial charge in [-0.25, -0.2) is 12.8 Å². The fraction of sp³-hybridized carbons (Fsp3) is 0.381. The van der Waals surface area contributed by atoms with Crippen LogP contribution in [-0.4, -0.2) is 31.7 Å². The van der Waals surface area contributed by atoms with Crippen molar-refractivity contribution in [1.82, 2.24) is 9.62 Å². The van der Waals surface area contributed by atoms with E-state index in [1.807, 2.05) is 12.1 Å². The maximum absolute atomic E-state index is 14.4. The van der Waals surface area contributed by atoms with Gasteiger partial charge < -0.3 is 5.32 Å². The van der Waals surface area contributed by atoms with Gasteiger partial charge in [0.2, 0.25) is 10.0 Å². The first-order chi connectivity index (χ1) is 13.7. The number of halogens is 2. The Balaban J connectivity index is 1.92. The predicted molar refractivity (Wildman–Crippen MR) is 111 cm³/mol. The molecule has 0 aliphatic heterocycles. The van der Waals surface area contributed by atoms with Gasteiger partial charge in [0.25, 0.3) is 5.91 Å². The normalized spacial score (nSPS) is 15.8. The van der Waals surface area contributed by atoms with Crippen LogP contribution in [0, 0.1) is 5.82 Å². The fourth-order valence-electron chi connectivity index (χ4n) is 3.62. The minimum Gasteiger partial charge on any atom is -0.342 e. The molecule has 8 heteroatoms. The Morgan fingerprint density at radius 2 is 1.76 bits per heavy atom. The first-order valence-electron chi connectivity index (χ1n) is 9.62. The zero-order chi connectivity index (χ0) is 21.2. The van der Waals surface area contributed by atoms with Crippen molar-refractivity contribution in [3.05, 3.63) is 64.4 Å². The van der Waals surface area contributed by atoms with Crippen molar-refractivity contribution < 1.29 is 17.6 Å². The first kappa shape index (κ1) is 21.7. The lowest BCUT2D eigenvalue weighted by Gasteiger charge is -2.43. The highest BCUT2D eigenvalue weighted by Gasteiger charge is 2.40. The Hall–Kier alpha value is -1.96. The van der Waals surface area contributed by atoms with Gasteiger partial charge in [0.1, 0.15) is 5.82 Å². The molecule has 0 heterocycles. The molecule has 1 N–H and O–H groups in total. The molecule has 0 saturated heterocycles. The summed E-state index contributed by atoms with van der Waals surface area (Å²) in [7, 11) is -3.79. The summed E-state index contributed by atoms with van der Waals surface area (Å²) < 4.78 is 41.2. The number of carbonyl (C=O) groups is 1. The first-order valence-corrected chi connectivity index (χ1v) is 11.4. The molecule has 1 amide bonds. The highest BCUT2D eigenvalue weighted by molar-refractivity contribution is 7.89. The highest BCUT2D eigenvalue weighted by atomic mass is 35.5. The van der Waals surface area contributed by atoms with Crippen LogP contribution in [0.4, 0.5) is 4.39 Å². The molecule has 0 bridgehead atoms. The van der Waals surface area contributed by atoms with Crippen LogP contribution in [0.1, 0.15) is 49.0 Å². The number of nitrogens with zero attached hydrogens (tertiary/aromatic N) is 1. The summed E-state index contributed by atoms with van der Waals surface area (Å²) in [5, 5.41) is 3.52. The minimum atomic E-state index is -3.79. The fourth-order valence-corrected chi connectivity index (χ4v) is 5.23. The molecule has 3 rings (SSSR count). The van der Waals surface area contributed by atoms with E-state index >= 15 is 0 Å². The number of amides is 1. The van der Waals surface area contributed by atoms with Crippen molar-refractivity contribution in [2.24, 2.45) is 0 Å². The Labute approximate surface area is 175 Å². The molecule has 156 valence electrons. The zero-order valence-electron chi connectivity index (χ0n) is 16.4. The average molecular weight is 439 g/mol. The van der Waals surface area contributed by atoms with E-state index in [1.54, 1.807) is 26.0 Å². The van der Waals surface area contributed by atoms with Crippen molar-refractivity contribution in [2.45, 2.75) is 43.5 Å². The van der Waals surface area contributed by atoms with Crippen LogP contribution in [0.3, 0.4) is 0 Å². The molecule has 1 saturated carbocycles. The average Bonchev–Trinajstić information content (AvgIpc) is 2.66. The zero-order valence-corrected chi connectivity index (χ0v) is 18.0. The van der Waals surface area contributed by atoms with Gasteiger partial charge in [0, 0.05) is 18.1 Å². The summed E-state index contributed by atoms with van der Waals surface area (Å²) in [6.07, 6.45) is 2.38. The molecule has 5 nitrogen and oxygen atoms in total. The summed E-state index contributed by atoms with van der Waals surface area (Å²) >= 11 is 5.96. The van der Waals surface area contributed by atoms with Gasteiger partial charge >= 0.3 is 0 Å². The van der Waals surface area contributed by atoms with Crippen molar-refractivity contribution in [1.29, 1.82) is 0 Å². The van der Waals surface area contributed by atoms with Gasteiger partial charge in [-0.05, 0) is 55.2 Å². The molecule has 0 atom stereocenters. The van der Waals surface area contributed by atoms with Gasteiger partial charge in [0.15, 0.2) is 0 Å². The number of benzene rings is 2. The Kier molecular flexibility index (Phi) is 6.31. The summed E-state index contributed by atoms with van der Waals surface area (Å²) in [5.74, 6) is -1.39. The van der Waals surface area contributed by atoms with E-state index in [1.165, 1.54) is 10.4 Å². The minimum absolute atomic E-state index is 0.0955. The Morgan fingerprint density at radius 1 is 1.14 bits per heavy atom. The molecule has 0 spiro atoms. The lowest BCUT2D eigenvalue weighted by molar-refractivity contribution is 0.0819. The quantitative estimate of drug-likeness (QED) is 0.700. The number of nitrogens with one attached hydrogen (secondary N) is 1. The Morgan fingerprint density at radius 3 is 2.28 bits per heavy atom. The maximum Gasteiger partial charge on any atom is 0.254 e. The van der Waals surface area contributed by atoms with E-state index < -0.39 is 27.3 Å². The predicted octanol–water partition coefficient (Wildman–Crippen LogP) is 4.32. The molecule has 0 aromatic heterocycles. The summed E-state index contributed by atoms with van der Waals surface area (Å²) in [5.41, 5.74) is 0.0225. The number of hydrogen-bond acceptors (Lipinski definition) is 3. The van der Waals surface area contributed by atoms with E-state index in [9.17, 15) is 17.6 Å². The van der Waals surface area contributed by atoms with Crippen LogP contribution in [0.5, 0.6) is 0 Å². The molecular formula is C21H24ClFN2O3S. The third kappa shape index (κ3) is 4.17. The van der Waals surface area contributed by atoms with Crippen molar-refractivity contribution >= 4 is 27.5 Å². The van der Waals surface area contributed by atoms with Crippen LogP contribution in [0.25, 0.3) is 0 Å². The largest absolute Gasteiger partial charge is 0.342 e. The third-order valence-electron chi connectivity index (χ3n) is 5.48. The van der Waals surface area contributed by atoms with Crippen LogP contribution in [0.2, 0.25) is 5.02 Å². The van der Waals surface area contributed by atoms with Gasteiger partial charge in [-0.3, -0.25) is 4.79 Å². The monoisotopic (exact) mass is 438 g/mol. The Bertz CT molecular complexity index is 1000. The van der Waals surface area contributed by atoms with Crippen molar-refractivity contribution in [2.75, 3.05) is 13.1 Å². The third-order valence-corrected chi connectivity index (χ3v) is 7.78. The number of carbonyl (C=O) groups excluding carboxylic acids is 1. The van der Waals surface area contributed by atoms with Crippen LogP contribution in [0.15, 0.2) is 47.4 Å². The molecule has 1 aliphatic rings. The van der Waals surface area contributed by atoms with Gasteiger partial charge in [-0.2, -0.15) is 4.31 Å². The van der Waals surface area contributed by atoms with E-state index in [0.29, 0.717) is 5.02 Å². The molecular weight excluding hydrogens is 415 g/mol. The van der Waals surface area contributed by atoms with Crippen molar-refractivity contribution in [3.8, 4) is 0 Å². The second-order valence-electron chi connectivity index (χ2n) is 7.13. The number of hydrogen-bond donors (Lipinski definition) is 1. The molecule has 1 fully saturated rings. The molecule has 2 aromatic carbocycles. The SMILES string of the molecule is CCN(CC)S(=O)(=O)c1ccc(F)c(C(=O)NC2(c3ccc(Cl)cc3)CCC2)c1. The molecule has 0 unspecified atom stereocenters. The van der Waals surface area contributed by atoms with E-state index in [4.69, 9.17) is 11.6 Å². The maximum atomic E-state index is 14.4. The molecule has 0 radical (unpaired) electrons. The lowest BCUT2D eigenvalue weighted by Crippen LogP contribution is -2.51. The molecule has 1 aliphatic carbocycles. The van der Waals surface area contributed by atoms with Gasteiger partial charge in [0.05, 0.1) is 16.0 Å². The summed E-state index contributed by atoms with van der Waals surface area (Å²) in [6, 6.07) is 10.5. The van der Waals surface area contributed by atoms with Gasteiger partial charge in [-0.15, -0.1) is 0 Å². The summed E-state index contributed by atoms with van der Waals surface area (Å²) in [4.78, 5) is 12.8. The van der Waals surface area contributed by atoms with Crippen LogP contribution < -0.4 is 5.32 Å². The van der Waals surface area contributed by atoms with E-state index in [-0.39, 0.29) is 23.5 Å². The topological polar surface area (TPSA) is 66.5 Å². The van der Waals surface area contributed by atoms with E-state index in [2.05, 4.69) is 5.32 Å². The highest BCUT2D eigenvalue weighted by Crippen LogP contribution is 2.42. The second kappa shape index (κ2) is 8.42. The number of sulfonamides is 1. The van der Waals surface area contributed by atoms with Crippen LogP contribution in [-0.2, 0) is 15.6 Å². The number of rotatable bonds is 7. The van der Waals surface area contributed by atoms with Crippen molar-refractivity contribution in [3.63, 3.8) is 0 Å². The second-order valence-corrected chi connectivity index (χ2v) is 9.50.